The predicted molar refractivity (Wildman–Crippen MR) is 138 cm³/mol. The molecule has 0 radical (unpaired) electrons. The molecule has 1 aromatic carbocycles. The Morgan fingerprint density at radius 3 is 2.65 bits per heavy atom. The molecule has 7 heteroatoms. The Bertz CT molecular complexity index is 897. The van der Waals surface area contributed by atoms with E-state index in [4.69, 9.17) is 0 Å². The molecule has 34 heavy (non-hydrogen) atoms. The summed E-state index contributed by atoms with van der Waals surface area (Å²) in [7, 11) is 0. The van der Waals surface area contributed by atoms with Crippen molar-refractivity contribution in [2.45, 2.75) is 94.7 Å². The maximum absolute atomic E-state index is 12.9. The second-order valence-corrected chi connectivity index (χ2v) is 10.5. The van der Waals surface area contributed by atoms with Gasteiger partial charge in [-0.2, -0.15) is 0 Å². The average molecular weight is 486 g/mol. The van der Waals surface area contributed by atoms with Gasteiger partial charge in [0.05, 0.1) is 0 Å². The van der Waals surface area contributed by atoms with Gasteiger partial charge in [0.2, 0.25) is 11.8 Å². The number of nitrogens with one attached hydrogen (secondary N) is 2. The Kier molecular flexibility index (Phi) is 9.77. The van der Waals surface area contributed by atoms with E-state index in [1.54, 1.807) is 16.7 Å². The van der Waals surface area contributed by atoms with Gasteiger partial charge in [-0.25, -0.2) is 0 Å². The van der Waals surface area contributed by atoms with Crippen molar-refractivity contribution < 1.29 is 14.4 Å². The van der Waals surface area contributed by atoms with Crippen molar-refractivity contribution in [2.75, 3.05) is 12.3 Å². The molecule has 1 aromatic rings. The summed E-state index contributed by atoms with van der Waals surface area (Å²) in [4.78, 5) is 39.4. The van der Waals surface area contributed by atoms with E-state index in [2.05, 4.69) is 37.1 Å². The minimum absolute atomic E-state index is 0.105. The maximum atomic E-state index is 12.9. The van der Waals surface area contributed by atoms with Crippen LogP contribution in [0.15, 0.2) is 35.7 Å². The molecular weight excluding hydrogens is 446 g/mol. The van der Waals surface area contributed by atoms with Gasteiger partial charge >= 0.3 is 0 Å². The number of hydrogen-bond acceptors (Lipinski definition) is 5. The Balaban J connectivity index is 1.42. The lowest BCUT2D eigenvalue weighted by molar-refractivity contribution is -0.136. The Morgan fingerprint density at radius 1 is 1.18 bits per heavy atom. The molecule has 1 unspecified atom stereocenters. The molecule has 2 heterocycles. The zero-order valence-corrected chi connectivity index (χ0v) is 21.5. The topological polar surface area (TPSA) is 78.5 Å². The van der Waals surface area contributed by atoms with Crippen LogP contribution in [0.5, 0.6) is 0 Å². The third kappa shape index (κ3) is 6.30. The highest BCUT2D eigenvalue weighted by Crippen LogP contribution is 2.34. The molecule has 2 N–H and O–H groups in total. The van der Waals surface area contributed by atoms with Crippen LogP contribution >= 0.6 is 11.8 Å². The quantitative estimate of drug-likeness (QED) is 0.171. The van der Waals surface area contributed by atoms with E-state index in [0.29, 0.717) is 18.5 Å². The van der Waals surface area contributed by atoms with E-state index in [9.17, 15) is 14.4 Å². The molecule has 2 aliphatic rings. The van der Waals surface area contributed by atoms with Gasteiger partial charge in [-0.05, 0) is 68.5 Å². The number of hydrogen-bond donors (Lipinski definition) is 2. The molecule has 1 fully saturated rings. The van der Waals surface area contributed by atoms with Crippen LogP contribution < -0.4 is 10.6 Å². The highest BCUT2D eigenvalue weighted by atomic mass is 32.2. The first-order valence-corrected chi connectivity index (χ1v) is 13.7. The molecule has 0 spiro atoms. The molecule has 186 valence electrons. The van der Waals surface area contributed by atoms with Crippen LogP contribution in [0.3, 0.4) is 0 Å². The SMILES string of the molecule is C=CCC(CC)(CC)NCCCCCCSc1cccc2c1CN(C1CCC(=O)NC1=O)C2=O. The zero-order chi connectivity index (χ0) is 24.6. The van der Waals surface area contributed by atoms with Crippen molar-refractivity contribution in [2.24, 2.45) is 0 Å². The van der Waals surface area contributed by atoms with Gasteiger partial charge in [0.1, 0.15) is 6.04 Å². The molecule has 0 bridgehead atoms. The largest absolute Gasteiger partial charge is 0.322 e. The first-order chi connectivity index (χ1) is 16.4. The van der Waals surface area contributed by atoms with Crippen LogP contribution in [0.2, 0.25) is 0 Å². The summed E-state index contributed by atoms with van der Waals surface area (Å²) < 4.78 is 0. The fourth-order valence-corrected chi connectivity index (χ4v) is 6.04. The third-order valence-corrected chi connectivity index (χ3v) is 8.44. The molecule has 1 saturated heterocycles. The highest BCUT2D eigenvalue weighted by molar-refractivity contribution is 7.99. The van der Waals surface area contributed by atoms with Gasteiger partial charge in [-0.1, -0.05) is 38.8 Å². The van der Waals surface area contributed by atoms with E-state index in [0.717, 1.165) is 48.4 Å². The van der Waals surface area contributed by atoms with Crippen LogP contribution in [-0.2, 0) is 16.1 Å². The summed E-state index contributed by atoms with van der Waals surface area (Å²) in [6.07, 6.45) is 10.7. The standard InChI is InChI=1S/C27H39N3O3S/c1-4-16-27(5-2,6-3)28-17-9-7-8-10-18-34-23-13-11-12-20-21(23)19-30(26(20)33)22-14-15-24(31)29-25(22)32/h4,11-13,22,28H,1,5-10,14-19H2,2-3H3,(H,29,31,32). The molecular formula is C27H39N3O3S. The number of amides is 3. The smallest absolute Gasteiger partial charge is 0.255 e. The van der Waals surface area contributed by atoms with E-state index in [-0.39, 0.29) is 29.7 Å². The summed E-state index contributed by atoms with van der Waals surface area (Å²) in [5, 5.41) is 6.13. The van der Waals surface area contributed by atoms with E-state index in [1.807, 2.05) is 18.2 Å². The van der Waals surface area contributed by atoms with Crippen molar-refractivity contribution in [3.8, 4) is 0 Å². The third-order valence-electron chi connectivity index (χ3n) is 7.26. The molecule has 6 nitrogen and oxygen atoms in total. The number of benzene rings is 1. The van der Waals surface area contributed by atoms with Gasteiger partial charge < -0.3 is 10.2 Å². The van der Waals surface area contributed by atoms with Crippen LogP contribution in [0, 0.1) is 0 Å². The molecule has 1 atom stereocenters. The second kappa shape index (κ2) is 12.5. The number of piperidine rings is 1. The number of imide groups is 1. The van der Waals surface area contributed by atoms with Crippen LogP contribution in [0.25, 0.3) is 0 Å². The summed E-state index contributed by atoms with van der Waals surface area (Å²) in [6.45, 7) is 9.89. The molecule has 3 amide bonds. The lowest BCUT2D eigenvalue weighted by Crippen LogP contribution is -2.52. The van der Waals surface area contributed by atoms with E-state index >= 15 is 0 Å². The number of thioether (sulfide) groups is 1. The number of nitrogens with zero attached hydrogens (tertiary/aromatic N) is 1. The molecule has 0 aliphatic carbocycles. The van der Waals surface area contributed by atoms with Crippen LogP contribution in [0.4, 0.5) is 0 Å². The van der Waals surface area contributed by atoms with Crippen molar-refractivity contribution in [3.63, 3.8) is 0 Å². The van der Waals surface area contributed by atoms with Gasteiger partial charge in [-0.3, -0.25) is 19.7 Å². The molecule has 0 saturated carbocycles. The summed E-state index contributed by atoms with van der Waals surface area (Å²) in [5.74, 6) is 0.289. The zero-order valence-electron chi connectivity index (χ0n) is 20.7. The minimum Gasteiger partial charge on any atom is -0.322 e. The van der Waals surface area contributed by atoms with Crippen molar-refractivity contribution in [3.05, 3.63) is 42.0 Å². The summed E-state index contributed by atoms with van der Waals surface area (Å²) in [5.41, 5.74) is 1.91. The molecule has 0 aromatic heterocycles. The Morgan fingerprint density at radius 2 is 1.94 bits per heavy atom. The van der Waals surface area contributed by atoms with Crippen molar-refractivity contribution in [1.82, 2.24) is 15.5 Å². The van der Waals surface area contributed by atoms with E-state index < -0.39 is 6.04 Å². The first kappa shape index (κ1) is 26.5. The number of carbonyl (C=O) groups is 3. The summed E-state index contributed by atoms with van der Waals surface area (Å²) >= 11 is 1.80. The highest BCUT2D eigenvalue weighted by Gasteiger charge is 2.39. The Hall–Kier alpha value is -2.12. The van der Waals surface area contributed by atoms with Gasteiger partial charge in [0.25, 0.3) is 5.91 Å². The molecule has 3 rings (SSSR count). The monoisotopic (exact) mass is 485 g/mol. The van der Waals surface area contributed by atoms with Gasteiger partial charge in [-0.15, -0.1) is 18.3 Å². The molecule has 2 aliphatic heterocycles. The number of rotatable bonds is 14. The minimum atomic E-state index is -0.560. The predicted octanol–water partition coefficient (Wildman–Crippen LogP) is 4.82. The normalized spacial score (nSPS) is 18.2. The van der Waals surface area contributed by atoms with Crippen LogP contribution in [0.1, 0.15) is 87.6 Å². The van der Waals surface area contributed by atoms with Gasteiger partial charge in [0.15, 0.2) is 0 Å². The Labute approximate surface area is 208 Å². The number of carbonyl (C=O) groups excluding carboxylic acids is 3. The lowest BCUT2D eigenvalue weighted by atomic mass is 9.89. The van der Waals surface area contributed by atoms with Gasteiger partial charge in [0, 0.05) is 29.0 Å². The van der Waals surface area contributed by atoms with Crippen LogP contribution in [-0.4, -0.2) is 46.5 Å². The number of unbranched alkanes of at least 4 members (excludes halogenated alkanes) is 3. The fraction of sp³-hybridized carbons (Fsp3) is 0.593. The first-order valence-electron chi connectivity index (χ1n) is 12.7. The second-order valence-electron chi connectivity index (χ2n) is 9.35. The fourth-order valence-electron chi connectivity index (χ4n) is 4.95. The van der Waals surface area contributed by atoms with Crippen molar-refractivity contribution in [1.29, 1.82) is 0 Å². The van der Waals surface area contributed by atoms with E-state index in [1.165, 1.54) is 19.3 Å². The maximum Gasteiger partial charge on any atom is 0.255 e. The summed E-state index contributed by atoms with van der Waals surface area (Å²) in [6, 6.07) is 5.29. The average Bonchev–Trinajstić information content (AvgIpc) is 3.17. The lowest BCUT2D eigenvalue weighted by Gasteiger charge is -2.32. The van der Waals surface area contributed by atoms with Crippen molar-refractivity contribution >= 4 is 29.5 Å². The number of fused-ring (bicyclic) bond motifs is 1.